The van der Waals surface area contributed by atoms with Gasteiger partial charge in [-0.15, -0.1) is 0 Å². The molecule has 2 fully saturated rings. The van der Waals surface area contributed by atoms with Crippen molar-refractivity contribution < 1.29 is 0 Å². The summed E-state index contributed by atoms with van der Waals surface area (Å²) in [5, 5.41) is 0. The Balaban J connectivity index is 0.607. The van der Waals surface area contributed by atoms with Crippen molar-refractivity contribution in [2.24, 2.45) is 0 Å². The molecule has 17 aromatic rings. The highest BCUT2D eigenvalue weighted by Gasteiger charge is 2.61. The fraction of sp³-hybridized carbons (Fsp3) is 0.156. The molecule has 26 rings (SSSR count). The van der Waals surface area contributed by atoms with Gasteiger partial charge in [-0.2, -0.15) is 0 Å². The Morgan fingerprint density at radius 2 is 0.603 bits per heavy atom. The normalized spacial score (nSPS) is 19.4. The zero-order valence-corrected chi connectivity index (χ0v) is 78.2. The Labute approximate surface area is 801 Å². The van der Waals surface area contributed by atoms with E-state index in [1.54, 1.807) is 0 Å². The van der Waals surface area contributed by atoms with Crippen molar-refractivity contribution in [3.63, 3.8) is 0 Å². The number of para-hydroxylation sites is 4. The van der Waals surface area contributed by atoms with E-state index >= 15 is 0 Å². The third-order valence-corrected chi connectivity index (χ3v) is 33.3. The molecule has 0 radical (unpaired) electrons. The van der Waals surface area contributed by atoms with Crippen molar-refractivity contribution in [3.05, 3.63) is 446 Å². The summed E-state index contributed by atoms with van der Waals surface area (Å²) in [7, 11) is 0. The van der Waals surface area contributed by atoms with Crippen molar-refractivity contribution in [3.8, 4) is 55.6 Å². The number of hydrogen-bond acceptors (Lipinski definition) is 6. The van der Waals surface area contributed by atoms with E-state index in [0.717, 1.165) is 67.7 Å². The van der Waals surface area contributed by atoms with Gasteiger partial charge in [0.2, 0.25) is 0 Å². The maximum absolute atomic E-state index is 2.83. The van der Waals surface area contributed by atoms with Crippen LogP contribution in [0.2, 0.25) is 0 Å². The lowest BCUT2D eigenvalue weighted by atomic mass is 9.33. The fourth-order valence-electron chi connectivity index (χ4n) is 26.1. The number of aryl methyl sites for hydroxylation is 1. The Bertz CT molecular complexity index is 7800. The quantitative estimate of drug-likeness (QED) is 0.100. The average molecular weight is 1750 g/mol. The van der Waals surface area contributed by atoms with Gasteiger partial charge in [0, 0.05) is 102 Å². The summed E-state index contributed by atoms with van der Waals surface area (Å²) in [5.74, 6) is 0. The second-order valence-corrected chi connectivity index (χ2v) is 40.3. The van der Waals surface area contributed by atoms with Gasteiger partial charge in [0.15, 0.2) is 0 Å². The maximum atomic E-state index is 2.83. The third kappa shape index (κ3) is 12.5. The number of benzene rings is 17. The third-order valence-electron chi connectivity index (χ3n) is 33.3. The smallest absolute Gasteiger partial charge is 0.252 e. The van der Waals surface area contributed by atoms with Crippen molar-refractivity contribution >= 4 is 148 Å². The van der Waals surface area contributed by atoms with Crippen LogP contribution in [0.4, 0.5) is 91.0 Å². The van der Waals surface area contributed by atoms with E-state index in [9.17, 15) is 0 Å². The Hall–Kier alpha value is -15.1. The second kappa shape index (κ2) is 31.8. The van der Waals surface area contributed by atoms with E-state index < -0.39 is 0 Å². The molecule has 654 valence electrons. The van der Waals surface area contributed by atoms with E-state index in [1.807, 2.05) is 0 Å². The molecular weight excluding hydrogens is 1640 g/mol. The Morgan fingerprint density at radius 3 is 1.08 bits per heavy atom. The van der Waals surface area contributed by atoms with Crippen molar-refractivity contribution in [2.75, 3.05) is 29.4 Å². The van der Waals surface area contributed by atoms with E-state index in [-0.39, 0.29) is 35.3 Å². The molecule has 3 aliphatic carbocycles. The highest BCUT2D eigenvalue weighted by Crippen LogP contribution is 2.65. The molecular formula is C128H106B2N6. The summed E-state index contributed by atoms with van der Waals surface area (Å²) in [5.41, 5.74) is 49.0. The van der Waals surface area contributed by atoms with Crippen LogP contribution in [0.1, 0.15) is 127 Å². The van der Waals surface area contributed by atoms with Crippen molar-refractivity contribution in [1.82, 2.24) is 0 Å². The van der Waals surface area contributed by atoms with Crippen LogP contribution in [-0.2, 0) is 10.8 Å². The lowest BCUT2D eigenvalue weighted by molar-refractivity contribution is 0.195. The molecule has 17 aromatic carbocycles. The molecule has 6 heterocycles. The van der Waals surface area contributed by atoms with Crippen molar-refractivity contribution in [1.29, 1.82) is 0 Å². The minimum atomic E-state index is -0.279. The maximum Gasteiger partial charge on any atom is 0.252 e. The molecule has 0 amide bonds. The molecule has 4 unspecified atom stereocenters. The first-order chi connectivity index (χ1) is 66.8. The van der Waals surface area contributed by atoms with Crippen LogP contribution in [0.5, 0.6) is 0 Å². The van der Waals surface area contributed by atoms with Gasteiger partial charge in [0.25, 0.3) is 13.4 Å². The van der Waals surface area contributed by atoms with E-state index in [1.165, 1.54) is 220 Å². The van der Waals surface area contributed by atoms with Gasteiger partial charge in [0.1, 0.15) is 0 Å². The lowest BCUT2D eigenvalue weighted by Gasteiger charge is -2.51. The number of rotatable bonds is 14. The molecule has 0 bridgehead atoms. The molecule has 2 saturated carbocycles. The van der Waals surface area contributed by atoms with E-state index in [2.05, 4.69) is 483 Å². The number of allylic oxidation sites excluding steroid dienone is 6. The lowest BCUT2D eigenvalue weighted by Crippen LogP contribution is -2.61. The molecule has 136 heavy (non-hydrogen) atoms. The van der Waals surface area contributed by atoms with Crippen LogP contribution >= 0.6 is 0 Å². The molecule has 0 saturated heterocycles. The Kier molecular flexibility index (Phi) is 19.1. The van der Waals surface area contributed by atoms with Gasteiger partial charge in [-0.3, -0.25) is 0 Å². The largest absolute Gasteiger partial charge is 0.334 e. The standard InChI is InChI=1S/C128H106B2N6/c1-7-86-52-53-94(95-58-66-113-107(77-95)125(3)70-29-31-72-127(125,5)135(113)104-81-119-123-121(83-104)133(102-62-54-90(55-63-102)87-35-13-8-14-36-87)117-68-59-96(89-39-17-10-18-40-89)79-111(117)129(123)109-48-25-27-50-115(109)131(119)100-43-19-11-20-44-100)76-99(74-86)93-42-33-41-92(75-93)97-60-69-118-112(80-97)130-110-49-26-28-51-116(110)132(101-45-21-12-22-46-101)120-82-105(84-122(124(120)130)134(118)103-64-56-91(57-65-103)88-37-15-9-16-38-88)136-114-67-61-98(106-47-24-23-34-85(106)2)78-108(114)126(4)71-30-32-73-128(126,136)6/h8-28,33-51,53-69,74-84H,7,29-32,52,70-73H2,1-6H3. The topological polar surface area (TPSA) is 19.4 Å². The van der Waals surface area contributed by atoms with E-state index in [4.69, 9.17) is 0 Å². The zero-order chi connectivity index (χ0) is 90.9. The SMILES string of the molecule is CCC1=CC(c2cccc(-c3ccc4c(c3)B3c5ccccc5N(c5ccccc5)c5cc(N6c7ccc(-c8ccccc8C)cc7C7(C)CCCCC67C)cc(c53)N4c3ccc(-c4ccccc4)cc3)c2)=CC(c2ccc3c(c2)C2(C)CCCCC2(C)N3c2cc3c4c(c2)N(c2ccc(-c5ccccc5)cc2)c2ccc(-c5ccccc5)cc2B4c2ccccc2N3c2ccccc2)=CC1. The number of fused-ring (bicyclic) bond motifs is 14. The van der Waals surface area contributed by atoms with Crippen LogP contribution in [0.25, 0.3) is 66.8 Å². The molecule has 4 atom stereocenters. The minimum Gasteiger partial charge on any atom is -0.334 e. The van der Waals surface area contributed by atoms with Gasteiger partial charge in [0.05, 0.1) is 11.1 Å². The zero-order valence-electron chi connectivity index (χ0n) is 78.2. The monoisotopic (exact) mass is 1750 g/mol. The summed E-state index contributed by atoms with van der Waals surface area (Å²) < 4.78 is 0. The van der Waals surface area contributed by atoms with Gasteiger partial charge >= 0.3 is 0 Å². The number of nitrogens with zero attached hydrogens (tertiary/aromatic N) is 6. The first-order valence-electron chi connectivity index (χ1n) is 49.4. The fourth-order valence-corrected chi connectivity index (χ4v) is 26.1. The van der Waals surface area contributed by atoms with Gasteiger partial charge < -0.3 is 29.4 Å². The second-order valence-electron chi connectivity index (χ2n) is 40.3. The predicted molar refractivity (Wildman–Crippen MR) is 577 cm³/mol. The molecule has 8 heteroatoms. The van der Waals surface area contributed by atoms with Crippen LogP contribution in [0.15, 0.2) is 418 Å². The van der Waals surface area contributed by atoms with Gasteiger partial charge in [-0.25, -0.2) is 0 Å². The van der Waals surface area contributed by atoms with Gasteiger partial charge in [-0.1, -0.05) is 331 Å². The first kappa shape index (κ1) is 81.6. The summed E-state index contributed by atoms with van der Waals surface area (Å²) in [6.45, 7) is 14.8. The van der Waals surface area contributed by atoms with Crippen LogP contribution < -0.4 is 62.2 Å². The highest BCUT2D eigenvalue weighted by atomic mass is 15.3. The van der Waals surface area contributed by atoms with E-state index in [0.29, 0.717) is 0 Å². The summed E-state index contributed by atoms with van der Waals surface area (Å²) in [6.07, 6.45) is 18.5. The van der Waals surface area contributed by atoms with Crippen molar-refractivity contribution in [2.45, 2.75) is 128 Å². The number of anilines is 16. The molecule has 0 spiro atoms. The average Bonchev–Trinajstić information content (AvgIpc) is 1.48. The van der Waals surface area contributed by atoms with Crippen LogP contribution in [0.3, 0.4) is 0 Å². The molecule has 6 nitrogen and oxygen atoms in total. The van der Waals surface area contributed by atoms with Crippen LogP contribution in [-0.4, -0.2) is 24.5 Å². The molecule has 0 N–H and O–H groups in total. The van der Waals surface area contributed by atoms with Gasteiger partial charge in [-0.05, 0) is 320 Å². The summed E-state index contributed by atoms with van der Waals surface area (Å²) >= 11 is 0. The predicted octanol–water partition coefficient (Wildman–Crippen LogP) is 30.2. The molecule has 0 aromatic heterocycles. The van der Waals surface area contributed by atoms with Crippen LogP contribution in [0, 0.1) is 6.92 Å². The summed E-state index contributed by atoms with van der Waals surface area (Å²) in [4.78, 5) is 16.1. The number of hydrogen-bond donors (Lipinski definition) is 0. The highest BCUT2D eigenvalue weighted by molar-refractivity contribution is 7.01. The first-order valence-corrected chi connectivity index (χ1v) is 49.4. The molecule has 6 aliphatic heterocycles. The Morgan fingerprint density at radius 1 is 0.257 bits per heavy atom. The summed E-state index contributed by atoms with van der Waals surface area (Å²) in [6, 6.07) is 151. The minimum absolute atomic E-state index is 0.0573. The molecule has 9 aliphatic rings.